The first-order valence-corrected chi connectivity index (χ1v) is 10.1. The lowest BCUT2D eigenvalue weighted by atomic mass is 10.1. The molecule has 0 radical (unpaired) electrons. The molecule has 0 aliphatic carbocycles. The van der Waals surface area contributed by atoms with E-state index < -0.39 is 0 Å². The van der Waals surface area contributed by atoms with Gasteiger partial charge >= 0.3 is 0 Å². The molecule has 2 N–H and O–H groups in total. The summed E-state index contributed by atoms with van der Waals surface area (Å²) in [5.74, 6) is 1.66. The Morgan fingerprint density at radius 3 is 2.57 bits per heavy atom. The van der Waals surface area contributed by atoms with Crippen LogP contribution in [0.3, 0.4) is 0 Å². The van der Waals surface area contributed by atoms with E-state index in [0.29, 0.717) is 0 Å². The first-order chi connectivity index (χ1) is 12.7. The third-order valence-electron chi connectivity index (χ3n) is 4.17. The molecule has 0 atom stereocenters. The molecule has 8 heteroatoms. The van der Waals surface area contributed by atoms with Crippen molar-refractivity contribution in [2.75, 3.05) is 18.1 Å². The Bertz CT molecular complexity index is 901. The van der Waals surface area contributed by atoms with E-state index in [1.165, 1.54) is 0 Å². The summed E-state index contributed by atoms with van der Waals surface area (Å²) in [6.07, 6.45) is 2.04. The van der Waals surface area contributed by atoms with Crippen LogP contribution in [0.5, 0.6) is 0 Å². The van der Waals surface area contributed by atoms with Gasteiger partial charge in [0.15, 0.2) is 0 Å². The van der Waals surface area contributed by atoms with Crippen molar-refractivity contribution in [3.05, 3.63) is 59.9 Å². The second-order valence-electron chi connectivity index (χ2n) is 6.02. The Labute approximate surface area is 182 Å². The number of rotatable bonds is 8. The van der Waals surface area contributed by atoms with E-state index in [2.05, 4.69) is 22.5 Å². The summed E-state index contributed by atoms with van der Waals surface area (Å²) in [6.45, 7) is 3.95. The van der Waals surface area contributed by atoms with Gasteiger partial charge in [0.1, 0.15) is 12.4 Å². The molecule has 2 aromatic carbocycles. The van der Waals surface area contributed by atoms with Gasteiger partial charge in [0.25, 0.3) is 0 Å². The van der Waals surface area contributed by atoms with Crippen molar-refractivity contribution < 1.29 is 4.79 Å². The predicted molar refractivity (Wildman–Crippen MR) is 124 cm³/mol. The molecule has 3 aromatic rings. The summed E-state index contributed by atoms with van der Waals surface area (Å²) >= 11 is 1.70. The number of hydrogen-bond acceptors (Lipinski definition) is 4. The Hall–Kier alpha value is -1.73. The number of imidazole rings is 1. The Balaban J connectivity index is 0.00000196. The highest BCUT2D eigenvalue weighted by molar-refractivity contribution is 7.97. The van der Waals surface area contributed by atoms with Crippen LogP contribution in [0.1, 0.15) is 18.3 Å². The van der Waals surface area contributed by atoms with Gasteiger partial charge in [0, 0.05) is 12.2 Å². The molecular formula is C20H26Cl2N4OS. The fourth-order valence-corrected chi connectivity index (χ4v) is 3.41. The topological polar surface area (TPSA) is 58.9 Å². The van der Waals surface area contributed by atoms with Crippen LogP contribution in [0.2, 0.25) is 0 Å². The van der Waals surface area contributed by atoms with Gasteiger partial charge in [-0.05, 0) is 36.6 Å². The number of nitrogens with one attached hydrogen (secondary N) is 2. The van der Waals surface area contributed by atoms with Gasteiger partial charge in [-0.3, -0.25) is 4.79 Å². The Morgan fingerprint density at radius 1 is 1.11 bits per heavy atom. The van der Waals surface area contributed by atoms with E-state index in [-0.39, 0.29) is 37.3 Å². The van der Waals surface area contributed by atoms with Crippen molar-refractivity contribution in [1.29, 1.82) is 0 Å². The van der Waals surface area contributed by atoms with Gasteiger partial charge in [-0.1, -0.05) is 37.3 Å². The molecule has 28 heavy (non-hydrogen) atoms. The summed E-state index contributed by atoms with van der Waals surface area (Å²) in [6, 6.07) is 15.9. The van der Waals surface area contributed by atoms with E-state index in [1.807, 2.05) is 59.4 Å². The van der Waals surface area contributed by atoms with Crippen molar-refractivity contribution in [2.45, 2.75) is 25.8 Å². The molecule has 0 aliphatic rings. The van der Waals surface area contributed by atoms with E-state index >= 15 is 0 Å². The van der Waals surface area contributed by atoms with Crippen LogP contribution in [-0.2, 0) is 23.6 Å². The minimum atomic E-state index is -0.0422. The number of nitrogens with zero attached hydrogens (tertiary/aromatic N) is 2. The maximum absolute atomic E-state index is 12.7. The maximum Gasteiger partial charge on any atom is 0.244 e. The van der Waals surface area contributed by atoms with Crippen molar-refractivity contribution in [2.24, 2.45) is 0 Å². The van der Waals surface area contributed by atoms with Crippen LogP contribution in [0, 0.1) is 0 Å². The number of fused-ring (bicyclic) bond motifs is 1. The highest BCUT2D eigenvalue weighted by Gasteiger charge is 2.14. The largest absolute Gasteiger partial charge is 0.324 e. The fraction of sp³-hybridized carbons (Fsp3) is 0.300. The van der Waals surface area contributed by atoms with E-state index in [1.54, 1.807) is 11.8 Å². The average molecular weight is 441 g/mol. The number of para-hydroxylation sites is 3. The number of carbonyl (C=O) groups excluding carboxylic acids is 1. The summed E-state index contributed by atoms with van der Waals surface area (Å²) < 4.78 is 2.01. The normalized spacial score (nSPS) is 10.2. The van der Waals surface area contributed by atoms with E-state index in [0.717, 1.165) is 47.0 Å². The number of benzene rings is 2. The summed E-state index contributed by atoms with van der Waals surface area (Å²) in [7, 11) is 0. The lowest BCUT2D eigenvalue weighted by Gasteiger charge is -2.13. The lowest BCUT2D eigenvalue weighted by molar-refractivity contribution is -0.116. The number of amides is 1. The number of carbonyl (C=O) groups is 1. The quantitative estimate of drug-likeness (QED) is 0.541. The molecular weight excluding hydrogens is 415 g/mol. The second-order valence-corrected chi connectivity index (χ2v) is 6.89. The Kier molecular flexibility index (Phi) is 10.4. The zero-order valence-electron chi connectivity index (χ0n) is 16.0. The molecule has 1 aromatic heterocycles. The summed E-state index contributed by atoms with van der Waals surface area (Å²) in [5.41, 5.74) is 3.86. The van der Waals surface area contributed by atoms with Crippen LogP contribution in [0.15, 0.2) is 48.5 Å². The minimum Gasteiger partial charge on any atom is -0.324 e. The molecule has 5 nitrogen and oxygen atoms in total. The number of hydrogen-bond donors (Lipinski definition) is 2. The monoisotopic (exact) mass is 440 g/mol. The van der Waals surface area contributed by atoms with Crippen molar-refractivity contribution >= 4 is 59.2 Å². The molecule has 0 saturated heterocycles. The maximum atomic E-state index is 12.7. The van der Waals surface area contributed by atoms with Crippen molar-refractivity contribution in [1.82, 2.24) is 14.9 Å². The number of halogens is 2. The third kappa shape index (κ3) is 5.88. The van der Waals surface area contributed by atoms with Crippen LogP contribution >= 0.6 is 36.6 Å². The van der Waals surface area contributed by atoms with Crippen molar-refractivity contribution in [3.8, 4) is 0 Å². The van der Waals surface area contributed by atoms with Crippen LogP contribution in [0.25, 0.3) is 11.0 Å². The molecule has 3 rings (SSSR count). The molecule has 152 valence electrons. The SMILES string of the molecule is CCNCc1ccccc1NC(=O)Cn1c(CSC)nc2ccccc21.Cl.Cl. The molecule has 1 heterocycles. The van der Waals surface area contributed by atoms with Gasteiger partial charge < -0.3 is 15.2 Å². The molecule has 0 saturated carbocycles. The highest BCUT2D eigenvalue weighted by atomic mass is 35.5. The second kappa shape index (κ2) is 12.0. The average Bonchev–Trinajstić information content (AvgIpc) is 2.99. The van der Waals surface area contributed by atoms with Gasteiger partial charge in [0.05, 0.1) is 16.8 Å². The van der Waals surface area contributed by atoms with E-state index in [4.69, 9.17) is 0 Å². The zero-order valence-corrected chi connectivity index (χ0v) is 18.4. The lowest BCUT2D eigenvalue weighted by Crippen LogP contribution is -2.21. The predicted octanol–water partition coefficient (Wildman–Crippen LogP) is 4.49. The summed E-state index contributed by atoms with van der Waals surface area (Å²) in [5, 5.41) is 6.36. The van der Waals surface area contributed by atoms with Gasteiger partial charge in [-0.2, -0.15) is 11.8 Å². The van der Waals surface area contributed by atoms with E-state index in [9.17, 15) is 4.79 Å². The van der Waals surface area contributed by atoms with Gasteiger partial charge in [0.2, 0.25) is 5.91 Å². The van der Waals surface area contributed by atoms with Crippen molar-refractivity contribution in [3.63, 3.8) is 0 Å². The molecule has 1 amide bonds. The number of anilines is 1. The molecule has 0 unspecified atom stereocenters. The van der Waals surface area contributed by atoms with Gasteiger partial charge in [-0.25, -0.2) is 4.98 Å². The fourth-order valence-electron chi connectivity index (χ4n) is 2.93. The molecule has 0 aliphatic heterocycles. The third-order valence-corrected chi connectivity index (χ3v) is 4.71. The van der Waals surface area contributed by atoms with Gasteiger partial charge in [-0.15, -0.1) is 24.8 Å². The minimum absolute atomic E-state index is 0. The van der Waals surface area contributed by atoms with Crippen LogP contribution < -0.4 is 10.6 Å². The number of aromatic nitrogens is 2. The first-order valence-electron chi connectivity index (χ1n) is 8.74. The highest BCUT2D eigenvalue weighted by Crippen LogP contribution is 2.20. The van der Waals surface area contributed by atoms with Crippen LogP contribution in [-0.4, -0.2) is 28.3 Å². The summed E-state index contributed by atoms with van der Waals surface area (Å²) in [4.78, 5) is 17.4. The molecule has 0 bridgehead atoms. The number of thioether (sulfide) groups is 1. The standard InChI is InChI=1S/C20H24N4OS.2ClH/c1-3-21-12-15-8-4-5-9-16(15)23-20(25)13-24-18-11-7-6-10-17(18)22-19(24)14-26-2;;/h4-11,21H,3,12-14H2,1-2H3,(H,23,25);2*1H. The zero-order chi connectivity index (χ0) is 18.4. The Morgan fingerprint density at radius 2 is 1.82 bits per heavy atom. The van der Waals surface area contributed by atoms with Crippen LogP contribution in [0.4, 0.5) is 5.69 Å². The molecule has 0 spiro atoms. The molecule has 0 fully saturated rings. The first kappa shape index (κ1) is 24.3. The smallest absolute Gasteiger partial charge is 0.244 e.